The van der Waals surface area contributed by atoms with E-state index in [4.69, 9.17) is 18.7 Å². The molecule has 1 saturated carbocycles. The van der Waals surface area contributed by atoms with Gasteiger partial charge in [0.1, 0.15) is 12.3 Å². The molecule has 0 atom stereocenters. The molecule has 1 fully saturated rings. The molecule has 8 nitrogen and oxygen atoms in total. The first-order valence-corrected chi connectivity index (χ1v) is 10.9. The second-order valence-corrected chi connectivity index (χ2v) is 8.03. The van der Waals surface area contributed by atoms with E-state index in [0.29, 0.717) is 28.8 Å². The van der Waals surface area contributed by atoms with E-state index in [0.717, 1.165) is 37.0 Å². The van der Waals surface area contributed by atoms with Crippen LogP contribution in [0.1, 0.15) is 48.4 Å². The number of ether oxygens (including phenoxy) is 3. The standard InChI is InChI=1S/C24H25N3O5/c1-29-19-10-7-16(8-11-19)23-25-22(32-26-23)14-27(18-5-3-2-4-6-18)24(28)17-9-12-20-21(13-17)31-15-30-20/h7-13,18H,2-6,14-15H2,1H3. The Morgan fingerprint density at radius 3 is 2.62 bits per heavy atom. The van der Waals surface area contributed by atoms with Crippen LogP contribution >= 0.6 is 0 Å². The third-order valence-corrected chi connectivity index (χ3v) is 6.02. The zero-order valence-electron chi connectivity index (χ0n) is 18.0. The molecule has 0 bridgehead atoms. The number of aromatic nitrogens is 2. The smallest absolute Gasteiger partial charge is 0.254 e. The lowest BCUT2D eigenvalue weighted by molar-refractivity contribution is 0.0585. The number of methoxy groups -OCH3 is 1. The molecule has 1 amide bonds. The summed E-state index contributed by atoms with van der Waals surface area (Å²) >= 11 is 0. The van der Waals surface area contributed by atoms with Crippen molar-refractivity contribution in [1.82, 2.24) is 15.0 Å². The molecule has 2 heterocycles. The fourth-order valence-corrected chi connectivity index (χ4v) is 4.28. The highest BCUT2D eigenvalue weighted by atomic mass is 16.7. The first-order valence-electron chi connectivity index (χ1n) is 10.9. The minimum Gasteiger partial charge on any atom is -0.497 e. The highest BCUT2D eigenvalue weighted by Gasteiger charge is 2.29. The van der Waals surface area contributed by atoms with Gasteiger partial charge in [0.2, 0.25) is 18.5 Å². The Kier molecular flexibility index (Phi) is 5.66. The number of carbonyl (C=O) groups is 1. The van der Waals surface area contributed by atoms with Gasteiger partial charge in [0, 0.05) is 17.2 Å². The van der Waals surface area contributed by atoms with Gasteiger partial charge < -0.3 is 23.6 Å². The molecule has 3 aromatic rings. The zero-order valence-corrected chi connectivity index (χ0v) is 18.0. The summed E-state index contributed by atoms with van der Waals surface area (Å²) in [6.07, 6.45) is 5.35. The quantitative estimate of drug-likeness (QED) is 0.565. The summed E-state index contributed by atoms with van der Waals surface area (Å²) in [6, 6.07) is 12.9. The molecule has 2 aliphatic rings. The van der Waals surface area contributed by atoms with Crippen LogP contribution in [0.2, 0.25) is 0 Å². The lowest BCUT2D eigenvalue weighted by Gasteiger charge is -2.33. The summed E-state index contributed by atoms with van der Waals surface area (Å²) in [6.45, 7) is 0.441. The average molecular weight is 435 g/mol. The highest BCUT2D eigenvalue weighted by Crippen LogP contribution is 2.34. The van der Waals surface area contributed by atoms with Gasteiger partial charge in [-0.2, -0.15) is 4.98 Å². The van der Waals surface area contributed by atoms with Crippen molar-refractivity contribution in [2.75, 3.05) is 13.9 Å². The van der Waals surface area contributed by atoms with Gasteiger partial charge in [-0.25, -0.2) is 0 Å². The van der Waals surface area contributed by atoms with Crippen molar-refractivity contribution in [3.8, 4) is 28.6 Å². The van der Waals surface area contributed by atoms with E-state index < -0.39 is 0 Å². The number of hydrogen-bond acceptors (Lipinski definition) is 7. The molecule has 8 heteroatoms. The van der Waals surface area contributed by atoms with Crippen LogP contribution in [0.4, 0.5) is 0 Å². The van der Waals surface area contributed by atoms with Gasteiger partial charge >= 0.3 is 0 Å². The van der Waals surface area contributed by atoms with Gasteiger partial charge in [-0.15, -0.1) is 0 Å². The Morgan fingerprint density at radius 2 is 1.84 bits per heavy atom. The summed E-state index contributed by atoms with van der Waals surface area (Å²) in [5, 5.41) is 4.12. The van der Waals surface area contributed by atoms with Crippen molar-refractivity contribution in [1.29, 1.82) is 0 Å². The minimum atomic E-state index is -0.0700. The number of nitrogens with zero attached hydrogens (tertiary/aromatic N) is 3. The van der Waals surface area contributed by atoms with Gasteiger partial charge in [-0.1, -0.05) is 24.4 Å². The van der Waals surface area contributed by atoms with Gasteiger partial charge in [0.15, 0.2) is 11.5 Å². The molecule has 0 saturated heterocycles. The molecule has 32 heavy (non-hydrogen) atoms. The van der Waals surface area contributed by atoms with E-state index >= 15 is 0 Å². The maximum Gasteiger partial charge on any atom is 0.254 e. The molecule has 0 unspecified atom stereocenters. The number of benzene rings is 2. The lowest BCUT2D eigenvalue weighted by atomic mass is 9.93. The highest BCUT2D eigenvalue weighted by molar-refractivity contribution is 5.95. The second kappa shape index (κ2) is 8.90. The summed E-state index contributed by atoms with van der Waals surface area (Å²) in [7, 11) is 1.62. The van der Waals surface area contributed by atoms with Crippen LogP contribution in [0.3, 0.4) is 0 Å². The van der Waals surface area contributed by atoms with Gasteiger partial charge in [-0.3, -0.25) is 4.79 Å². The molecule has 1 aromatic heterocycles. The zero-order chi connectivity index (χ0) is 21.9. The SMILES string of the molecule is COc1ccc(-c2noc(CN(C(=O)c3ccc4c(c3)OCO4)C3CCCCC3)n2)cc1. The van der Waals surface area contributed by atoms with E-state index in [1.54, 1.807) is 25.3 Å². The topological polar surface area (TPSA) is 86.9 Å². The maximum absolute atomic E-state index is 13.5. The molecule has 2 aromatic carbocycles. The molecule has 5 rings (SSSR count). The van der Waals surface area contributed by atoms with Crippen molar-refractivity contribution < 1.29 is 23.5 Å². The molecule has 166 valence electrons. The van der Waals surface area contributed by atoms with Crippen LogP contribution < -0.4 is 14.2 Å². The van der Waals surface area contributed by atoms with Crippen molar-refractivity contribution in [2.24, 2.45) is 0 Å². The Balaban J connectivity index is 1.39. The van der Waals surface area contributed by atoms with E-state index in [-0.39, 0.29) is 25.3 Å². The first kappa shape index (κ1) is 20.4. The summed E-state index contributed by atoms with van der Waals surface area (Å²) in [5.74, 6) is 2.85. The molecular weight excluding hydrogens is 410 g/mol. The van der Waals surface area contributed by atoms with Crippen molar-refractivity contribution >= 4 is 5.91 Å². The van der Waals surface area contributed by atoms with E-state index in [1.807, 2.05) is 29.2 Å². The van der Waals surface area contributed by atoms with Crippen LogP contribution in [-0.2, 0) is 6.54 Å². The Bertz CT molecular complexity index is 1090. The largest absolute Gasteiger partial charge is 0.497 e. The van der Waals surface area contributed by atoms with Crippen LogP contribution in [0.5, 0.6) is 17.2 Å². The third-order valence-electron chi connectivity index (χ3n) is 6.02. The number of rotatable bonds is 6. The predicted octanol–water partition coefficient (Wildman–Crippen LogP) is 4.45. The maximum atomic E-state index is 13.5. The Hall–Kier alpha value is -3.55. The minimum absolute atomic E-state index is 0.0700. The lowest BCUT2D eigenvalue weighted by Crippen LogP contribution is -2.41. The Labute approximate surface area is 186 Å². The number of carbonyl (C=O) groups excluding carboxylic acids is 1. The van der Waals surface area contributed by atoms with E-state index in [2.05, 4.69) is 10.1 Å². The first-order chi connectivity index (χ1) is 15.7. The van der Waals surface area contributed by atoms with Crippen LogP contribution in [0, 0.1) is 0 Å². The van der Waals surface area contributed by atoms with Crippen molar-refractivity contribution in [2.45, 2.75) is 44.7 Å². The monoisotopic (exact) mass is 435 g/mol. The fourth-order valence-electron chi connectivity index (χ4n) is 4.28. The van der Waals surface area contributed by atoms with E-state index in [1.165, 1.54) is 6.42 Å². The Morgan fingerprint density at radius 1 is 1.06 bits per heavy atom. The van der Waals surface area contributed by atoms with Crippen LogP contribution in [0.15, 0.2) is 47.0 Å². The van der Waals surface area contributed by atoms with Crippen LogP contribution in [-0.4, -0.2) is 40.9 Å². The van der Waals surface area contributed by atoms with E-state index in [9.17, 15) is 4.79 Å². The molecule has 0 radical (unpaired) electrons. The normalized spacial score (nSPS) is 15.5. The molecule has 0 N–H and O–H groups in total. The molecule has 0 spiro atoms. The number of hydrogen-bond donors (Lipinski definition) is 0. The fraction of sp³-hybridized carbons (Fsp3) is 0.375. The molecule has 1 aliphatic heterocycles. The van der Waals surface area contributed by atoms with Crippen molar-refractivity contribution in [3.63, 3.8) is 0 Å². The van der Waals surface area contributed by atoms with Gasteiger partial charge in [0.25, 0.3) is 5.91 Å². The second-order valence-electron chi connectivity index (χ2n) is 8.03. The van der Waals surface area contributed by atoms with Crippen molar-refractivity contribution in [3.05, 3.63) is 53.9 Å². The van der Waals surface area contributed by atoms with Gasteiger partial charge in [0.05, 0.1) is 7.11 Å². The molecule has 1 aliphatic carbocycles. The average Bonchev–Trinajstić information content (AvgIpc) is 3.52. The summed E-state index contributed by atoms with van der Waals surface area (Å²) in [4.78, 5) is 19.9. The van der Waals surface area contributed by atoms with Crippen LogP contribution in [0.25, 0.3) is 11.4 Å². The third kappa shape index (κ3) is 4.12. The molecular formula is C24H25N3O5. The number of fused-ring (bicyclic) bond motifs is 1. The number of amides is 1. The van der Waals surface area contributed by atoms with Gasteiger partial charge in [-0.05, 0) is 55.3 Å². The summed E-state index contributed by atoms with van der Waals surface area (Å²) < 4.78 is 21.6. The predicted molar refractivity (Wildman–Crippen MR) is 116 cm³/mol. The summed E-state index contributed by atoms with van der Waals surface area (Å²) in [5.41, 5.74) is 1.39.